The van der Waals surface area contributed by atoms with E-state index in [1.807, 2.05) is 24.3 Å². The van der Waals surface area contributed by atoms with Crippen LogP contribution >= 0.6 is 0 Å². The van der Waals surface area contributed by atoms with Gasteiger partial charge >= 0.3 is 0 Å². The van der Waals surface area contributed by atoms with Crippen LogP contribution in [-0.2, 0) is 16.0 Å². The van der Waals surface area contributed by atoms with E-state index in [0.717, 1.165) is 18.7 Å². The molecule has 0 aliphatic carbocycles. The lowest BCUT2D eigenvalue weighted by Gasteiger charge is -2.35. The number of carbonyl (C=O) groups is 1. The Balaban J connectivity index is 1.43. The SMILES string of the molecule is Nc1cccc(CC(=O)NCC2CN3CCCC3CO2)c1. The average Bonchev–Trinajstić information content (AvgIpc) is 2.92. The molecule has 3 N–H and O–H groups in total. The van der Waals surface area contributed by atoms with Crippen molar-refractivity contribution >= 4 is 11.6 Å². The summed E-state index contributed by atoms with van der Waals surface area (Å²) in [5.74, 6) is 0.0211. The van der Waals surface area contributed by atoms with Gasteiger partial charge in [-0.3, -0.25) is 9.69 Å². The number of fused-ring (bicyclic) bond motifs is 1. The summed E-state index contributed by atoms with van der Waals surface area (Å²) in [5.41, 5.74) is 7.35. The van der Waals surface area contributed by atoms with Crippen molar-refractivity contribution in [2.45, 2.75) is 31.4 Å². The second kappa shape index (κ2) is 6.45. The van der Waals surface area contributed by atoms with Crippen molar-refractivity contribution < 1.29 is 9.53 Å². The average molecular weight is 289 g/mol. The van der Waals surface area contributed by atoms with Crippen molar-refractivity contribution in [2.24, 2.45) is 0 Å². The first-order chi connectivity index (χ1) is 10.2. The summed E-state index contributed by atoms with van der Waals surface area (Å²) in [6.45, 7) is 3.49. The van der Waals surface area contributed by atoms with Crippen LogP contribution in [0.1, 0.15) is 18.4 Å². The maximum absolute atomic E-state index is 12.0. The van der Waals surface area contributed by atoms with Gasteiger partial charge in [-0.2, -0.15) is 0 Å². The Morgan fingerprint density at radius 3 is 3.24 bits per heavy atom. The highest BCUT2D eigenvalue weighted by Gasteiger charge is 2.32. The zero-order chi connectivity index (χ0) is 14.7. The third-order valence-corrected chi connectivity index (χ3v) is 4.30. The summed E-state index contributed by atoms with van der Waals surface area (Å²) >= 11 is 0. The predicted octanol–water partition coefficient (Wildman–Crippen LogP) is 0.791. The number of nitrogens with one attached hydrogen (secondary N) is 1. The van der Waals surface area contributed by atoms with E-state index in [1.54, 1.807) is 0 Å². The summed E-state index contributed by atoms with van der Waals surface area (Å²) in [4.78, 5) is 14.5. The highest BCUT2D eigenvalue weighted by molar-refractivity contribution is 5.78. The molecule has 2 aliphatic rings. The molecular weight excluding hydrogens is 266 g/mol. The summed E-state index contributed by atoms with van der Waals surface area (Å²) < 4.78 is 5.84. The molecule has 2 heterocycles. The quantitative estimate of drug-likeness (QED) is 0.804. The molecular formula is C16H23N3O2. The van der Waals surface area contributed by atoms with Crippen LogP contribution in [0.5, 0.6) is 0 Å². The summed E-state index contributed by atoms with van der Waals surface area (Å²) in [7, 11) is 0. The Hall–Kier alpha value is -1.59. The van der Waals surface area contributed by atoms with Gasteiger partial charge in [-0.25, -0.2) is 0 Å². The molecule has 2 saturated heterocycles. The molecule has 2 atom stereocenters. The summed E-state index contributed by atoms with van der Waals surface area (Å²) in [6.07, 6.45) is 2.99. The van der Waals surface area contributed by atoms with Crippen molar-refractivity contribution in [3.63, 3.8) is 0 Å². The van der Waals surface area contributed by atoms with Gasteiger partial charge in [0.1, 0.15) is 0 Å². The van der Waals surface area contributed by atoms with Crippen molar-refractivity contribution in [1.82, 2.24) is 10.2 Å². The third kappa shape index (κ3) is 3.74. The zero-order valence-electron chi connectivity index (χ0n) is 12.3. The molecule has 114 valence electrons. The fraction of sp³-hybridized carbons (Fsp3) is 0.562. The second-order valence-electron chi connectivity index (χ2n) is 5.97. The van der Waals surface area contributed by atoms with E-state index in [2.05, 4.69) is 10.2 Å². The Bertz CT molecular complexity index is 506. The number of ether oxygens (including phenoxy) is 1. The van der Waals surface area contributed by atoms with E-state index in [1.165, 1.54) is 19.4 Å². The van der Waals surface area contributed by atoms with Gasteiger partial charge in [0.25, 0.3) is 0 Å². The number of hydrogen-bond acceptors (Lipinski definition) is 4. The Morgan fingerprint density at radius 1 is 1.48 bits per heavy atom. The van der Waals surface area contributed by atoms with Crippen molar-refractivity contribution in [2.75, 3.05) is 32.0 Å². The normalized spacial score (nSPS) is 25.5. The summed E-state index contributed by atoms with van der Waals surface area (Å²) in [6, 6.07) is 8.05. The van der Waals surface area contributed by atoms with Gasteiger partial charge in [0, 0.05) is 24.8 Å². The maximum Gasteiger partial charge on any atom is 0.224 e. The number of benzene rings is 1. The molecule has 2 unspecified atom stereocenters. The topological polar surface area (TPSA) is 67.6 Å². The van der Waals surface area contributed by atoms with Crippen LogP contribution in [0.15, 0.2) is 24.3 Å². The number of anilines is 1. The Kier molecular flexibility index (Phi) is 4.41. The van der Waals surface area contributed by atoms with E-state index in [0.29, 0.717) is 24.7 Å². The minimum absolute atomic E-state index is 0.0211. The minimum Gasteiger partial charge on any atom is -0.399 e. The largest absolute Gasteiger partial charge is 0.399 e. The van der Waals surface area contributed by atoms with Gasteiger partial charge in [-0.15, -0.1) is 0 Å². The molecule has 5 heteroatoms. The molecule has 0 bridgehead atoms. The number of nitrogen functional groups attached to an aromatic ring is 1. The Labute approximate surface area is 125 Å². The molecule has 2 fully saturated rings. The van der Waals surface area contributed by atoms with Crippen LogP contribution < -0.4 is 11.1 Å². The number of carbonyl (C=O) groups excluding carboxylic acids is 1. The molecule has 0 aromatic heterocycles. The number of nitrogens with zero attached hydrogens (tertiary/aromatic N) is 1. The lowest BCUT2D eigenvalue weighted by molar-refractivity contribution is -0.121. The highest BCUT2D eigenvalue weighted by Crippen LogP contribution is 2.22. The standard InChI is InChI=1S/C16H23N3O2/c17-13-4-1-3-12(7-13)8-16(20)18-9-15-10-19-6-2-5-14(19)11-21-15/h1,3-4,7,14-15H,2,5-6,8-11,17H2,(H,18,20). The minimum atomic E-state index is 0.0211. The first-order valence-corrected chi connectivity index (χ1v) is 7.67. The Morgan fingerprint density at radius 2 is 2.38 bits per heavy atom. The van der Waals surface area contributed by atoms with Gasteiger partial charge in [0.2, 0.25) is 5.91 Å². The first-order valence-electron chi connectivity index (χ1n) is 7.67. The molecule has 0 radical (unpaired) electrons. The van der Waals surface area contributed by atoms with E-state index < -0.39 is 0 Å². The van der Waals surface area contributed by atoms with E-state index in [4.69, 9.17) is 10.5 Å². The fourth-order valence-electron chi connectivity index (χ4n) is 3.19. The number of nitrogens with two attached hydrogens (primary N) is 1. The lowest BCUT2D eigenvalue weighted by Crippen LogP contribution is -2.50. The molecule has 1 aromatic rings. The predicted molar refractivity (Wildman–Crippen MR) is 81.9 cm³/mol. The number of hydrogen-bond donors (Lipinski definition) is 2. The van der Waals surface area contributed by atoms with Gasteiger partial charge < -0.3 is 15.8 Å². The van der Waals surface area contributed by atoms with Crippen molar-refractivity contribution in [3.8, 4) is 0 Å². The van der Waals surface area contributed by atoms with Crippen molar-refractivity contribution in [3.05, 3.63) is 29.8 Å². The van der Waals surface area contributed by atoms with Gasteiger partial charge in [0.05, 0.1) is 19.1 Å². The van der Waals surface area contributed by atoms with Gasteiger partial charge in [0.15, 0.2) is 0 Å². The first kappa shape index (κ1) is 14.4. The fourth-order valence-corrected chi connectivity index (χ4v) is 3.19. The van der Waals surface area contributed by atoms with Crippen LogP contribution in [-0.4, -0.2) is 49.2 Å². The second-order valence-corrected chi connectivity index (χ2v) is 5.97. The molecule has 0 saturated carbocycles. The smallest absolute Gasteiger partial charge is 0.224 e. The molecule has 2 aliphatic heterocycles. The zero-order valence-corrected chi connectivity index (χ0v) is 12.3. The van der Waals surface area contributed by atoms with Crippen LogP contribution in [0.3, 0.4) is 0 Å². The van der Waals surface area contributed by atoms with Crippen LogP contribution in [0.2, 0.25) is 0 Å². The monoisotopic (exact) mass is 289 g/mol. The molecule has 1 aromatic carbocycles. The molecule has 21 heavy (non-hydrogen) atoms. The van der Waals surface area contributed by atoms with Crippen LogP contribution in [0.25, 0.3) is 0 Å². The lowest BCUT2D eigenvalue weighted by atomic mass is 10.1. The van der Waals surface area contributed by atoms with Gasteiger partial charge in [-0.1, -0.05) is 12.1 Å². The van der Waals surface area contributed by atoms with E-state index in [-0.39, 0.29) is 12.0 Å². The van der Waals surface area contributed by atoms with E-state index >= 15 is 0 Å². The number of rotatable bonds is 4. The highest BCUT2D eigenvalue weighted by atomic mass is 16.5. The summed E-state index contributed by atoms with van der Waals surface area (Å²) in [5, 5.41) is 2.97. The van der Waals surface area contributed by atoms with Crippen molar-refractivity contribution in [1.29, 1.82) is 0 Å². The number of morpholine rings is 1. The van der Waals surface area contributed by atoms with Crippen LogP contribution in [0.4, 0.5) is 5.69 Å². The molecule has 0 spiro atoms. The van der Waals surface area contributed by atoms with Gasteiger partial charge in [-0.05, 0) is 37.1 Å². The number of amides is 1. The molecule has 1 amide bonds. The maximum atomic E-state index is 12.0. The van der Waals surface area contributed by atoms with E-state index in [9.17, 15) is 4.79 Å². The molecule has 5 nitrogen and oxygen atoms in total. The third-order valence-electron chi connectivity index (χ3n) is 4.30. The molecule has 3 rings (SSSR count). The van der Waals surface area contributed by atoms with Crippen LogP contribution in [0, 0.1) is 0 Å².